The average Bonchev–Trinajstić information content (AvgIpc) is 3.22. The van der Waals surface area contributed by atoms with Crippen molar-refractivity contribution in [2.75, 3.05) is 43.1 Å². The summed E-state index contributed by atoms with van der Waals surface area (Å²) >= 11 is 0. The van der Waals surface area contributed by atoms with Gasteiger partial charge in [-0.1, -0.05) is 0 Å². The number of nitrogens with one attached hydrogen (secondary N) is 2. The third kappa shape index (κ3) is 4.74. The van der Waals surface area contributed by atoms with E-state index in [1.165, 1.54) is 10.7 Å². The van der Waals surface area contributed by atoms with Crippen LogP contribution in [0.5, 0.6) is 6.01 Å². The first-order chi connectivity index (χ1) is 18.3. The van der Waals surface area contributed by atoms with Gasteiger partial charge in [0.1, 0.15) is 5.52 Å². The molecule has 2 saturated heterocycles. The molecule has 0 radical (unpaired) electrons. The highest BCUT2D eigenvalue weighted by Gasteiger charge is 2.25. The number of halogens is 1. The van der Waals surface area contributed by atoms with Gasteiger partial charge in [-0.25, -0.2) is 9.37 Å². The van der Waals surface area contributed by atoms with Gasteiger partial charge in [0.05, 0.1) is 30.9 Å². The summed E-state index contributed by atoms with van der Waals surface area (Å²) in [4.78, 5) is 24.9. The third-order valence-electron chi connectivity index (χ3n) is 6.94. The number of aromatic nitrogens is 4. The van der Waals surface area contributed by atoms with Crippen LogP contribution in [0.4, 0.5) is 15.8 Å². The van der Waals surface area contributed by atoms with Crippen molar-refractivity contribution in [2.45, 2.75) is 25.9 Å². The van der Waals surface area contributed by atoms with Crippen LogP contribution >= 0.6 is 0 Å². The van der Waals surface area contributed by atoms with Gasteiger partial charge in [0, 0.05) is 72.7 Å². The van der Waals surface area contributed by atoms with Crippen LogP contribution in [0.3, 0.4) is 0 Å². The number of aryl methyl sites for hydroxylation is 1. The number of nitrogens with zero attached hydrogens (tertiary/aromatic N) is 5. The number of amides is 1. The van der Waals surface area contributed by atoms with Crippen LogP contribution < -0.4 is 20.3 Å². The van der Waals surface area contributed by atoms with Crippen molar-refractivity contribution in [3.63, 3.8) is 0 Å². The summed E-state index contributed by atoms with van der Waals surface area (Å²) in [5.41, 5.74) is 2.39. The molecule has 1 amide bonds. The van der Waals surface area contributed by atoms with Crippen LogP contribution in [0.15, 0.2) is 36.7 Å². The summed E-state index contributed by atoms with van der Waals surface area (Å²) in [7, 11) is 1.72. The van der Waals surface area contributed by atoms with E-state index >= 15 is 0 Å². The predicted octanol–water partition coefficient (Wildman–Crippen LogP) is 3.12. The molecule has 2 aliphatic heterocycles. The normalized spacial score (nSPS) is 20.1. The van der Waals surface area contributed by atoms with E-state index in [0.29, 0.717) is 60.0 Å². The average molecular weight is 520 g/mol. The maximum Gasteiger partial charge on any atom is 0.316 e. The molecule has 38 heavy (non-hydrogen) atoms. The largest absolute Gasteiger partial charge is 0.463 e. The Labute approximate surface area is 219 Å². The van der Waals surface area contributed by atoms with Gasteiger partial charge in [-0.05, 0) is 38.1 Å². The molecule has 6 rings (SSSR count). The third-order valence-corrected chi connectivity index (χ3v) is 6.94. The number of piperazine rings is 1. The van der Waals surface area contributed by atoms with E-state index in [1.54, 1.807) is 31.6 Å². The van der Waals surface area contributed by atoms with Crippen molar-refractivity contribution in [1.29, 1.82) is 0 Å². The van der Waals surface area contributed by atoms with E-state index in [9.17, 15) is 9.18 Å². The zero-order chi connectivity index (χ0) is 26.4. The minimum Gasteiger partial charge on any atom is -0.463 e. The van der Waals surface area contributed by atoms with Gasteiger partial charge in [-0.15, -0.1) is 0 Å². The Morgan fingerprint density at radius 2 is 2.00 bits per heavy atom. The van der Waals surface area contributed by atoms with Crippen LogP contribution in [0.2, 0.25) is 0 Å². The van der Waals surface area contributed by atoms with E-state index in [-0.39, 0.29) is 11.5 Å². The predicted molar refractivity (Wildman–Crippen MR) is 142 cm³/mol. The zero-order valence-corrected chi connectivity index (χ0v) is 21.6. The molecule has 0 saturated carbocycles. The minimum absolute atomic E-state index is 0.209. The SMILES string of the molecule is CC1CN(c2ccc(C(=O)Nc3cc(F)c4nn(C)cc4c3)c3nc(OCC4COC4)ncc23)CC(C)N1. The van der Waals surface area contributed by atoms with E-state index in [0.717, 1.165) is 24.2 Å². The smallest absolute Gasteiger partial charge is 0.316 e. The van der Waals surface area contributed by atoms with Gasteiger partial charge in [-0.2, -0.15) is 10.1 Å². The van der Waals surface area contributed by atoms with Gasteiger partial charge in [0.15, 0.2) is 5.82 Å². The second kappa shape index (κ2) is 9.80. The van der Waals surface area contributed by atoms with Crippen LogP contribution in [-0.4, -0.2) is 70.6 Å². The molecule has 0 bridgehead atoms. The fraction of sp³-hybridized carbons (Fsp3) is 0.407. The first-order valence-electron chi connectivity index (χ1n) is 12.8. The summed E-state index contributed by atoms with van der Waals surface area (Å²) < 4.78 is 27.2. The number of hydrogen-bond acceptors (Lipinski definition) is 8. The van der Waals surface area contributed by atoms with Crippen LogP contribution in [0.25, 0.3) is 21.8 Å². The Bertz CT molecular complexity index is 1510. The molecule has 2 N–H and O–H groups in total. The second-order valence-corrected chi connectivity index (χ2v) is 10.3. The van der Waals surface area contributed by atoms with Crippen LogP contribution in [-0.2, 0) is 11.8 Å². The minimum atomic E-state index is -0.501. The lowest BCUT2D eigenvalue weighted by Crippen LogP contribution is -2.54. The molecule has 4 aromatic rings. The first-order valence-corrected chi connectivity index (χ1v) is 12.8. The van der Waals surface area contributed by atoms with E-state index in [4.69, 9.17) is 9.47 Å². The van der Waals surface area contributed by atoms with Crippen molar-refractivity contribution in [1.82, 2.24) is 25.1 Å². The molecule has 198 valence electrons. The fourth-order valence-electron chi connectivity index (χ4n) is 5.20. The number of fused-ring (bicyclic) bond motifs is 2. The van der Waals surface area contributed by atoms with Gasteiger partial charge >= 0.3 is 6.01 Å². The highest BCUT2D eigenvalue weighted by molar-refractivity contribution is 6.14. The molecule has 10 nitrogen and oxygen atoms in total. The Hall–Kier alpha value is -3.83. The Morgan fingerprint density at radius 1 is 1.21 bits per heavy atom. The summed E-state index contributed by atoms with van der Waals surface area (Å²) in [6.07, 6.45) is 3.43. The van der Waals surface area contributed by atoms with Crippen molar-refractivity contribution in [3.05, 3.63) is 48.0 Å². The topological polar surface area (TPSA) is 106 Å². The highest BCUT2D eigenvalue weighted by atomic mass is 19.1. The zero-order valence-electron chi connectivity index (χ0n) is 21.6. The molecule has 2 aliphatic rings. The second-order valence-electron chi connectivity index (χ2n) is 10.3. The van der Waals surface area contributed by atoms with Crippen molar-refractivity contribution < 1.29 is 18.7 Å². The number of carbonyl (C=O) groups is 1. The molecule has 0 aliphatic carbocycles. The maximum atomic E-state index is 14.6. The molecule has 4 heterocycles. The number of rotatable bonds is 6. The molecule has 2 aromatic carbocycles. The molecule has 0 spiro atoms. The summed E-state index contributed by atoms with van der Waals surface area (Å²) in [6.45, 7) is 7.69. The fourth-order valence-corrected chi connectivity index (χ4v) is 5.20. The van der Waals surface area contributed by atoms with Gasteiger partial charge in [-0.3, -0.25) is 9.48 Å². The Morgan fingerprint density at radius 3 is 2.74 bits per heavy atom. The van der Waals surface area contributed by atoms with Gasteiger partial charge < -0.3 is 25.0 Å². The van der Waals surface area contributed by atoms with Gasteiger partial charge in [0.2, 0.25) is 0 Å². The standard InChI is InChI=1S/C27H30FN7O3/c1-15-9-35(10-16(2)30-15)23-5-4-20(25-21(23)8-29-27(32-25)38-14-17-12-37-13-17)26(36)31-19-6-18-11-34(3)33-24(18)22(28)7-19/h4-8,11,15-17,30H,9-10,12-14H2,1-3H3,(H,31,36). The van der Waals surface area contributed by atoms with Crippen LogP contribution in [0.1, 0.15) is 24.2 Å². The number of ether oxygens (including phenoxy) is 2. The lowest BCUT2D eigenvalue weighted by atomic mass is 10.0. The van der Waals surface area contributed by atoms with Crippen molar-refractivity contribution >= 4 is 39.1 Å². The molecule has 2 unspecified atom stereocenters. The number of hydrogen-bond donors (Lipinski definition) is 2. The van der Waals surface area contributed by atoms with E-state index in [1.807, 2.05) is 6.07 Å². The maximum absolute atomic E-state index is 14.6. The molecular weight excluding hydrogens is 489 g/mol. The lowest BCUT2D eigenvalue weighted by molar-refractivity contribution is -0.0520. The highest BCUT2D eigenvalue weighted by Crippen LogP contribution is 2.31. The van der Waals surface area contributed by atoms with Crippen molar-refractivity contribution in [2.24, 2.45) is 13.0 Å². The van der Waals surface area contributed by atoms with E-state index in [2.05, 4.69) is 44.4 Å². The molecule has 11 heteroatoms. The Kier molecular flexibility index (Phi) is 6.32. The number of benzene rings is 2. The molecule has 2 aromatic heterocycles. The molecule has 2 fully saturated rings. The van der Waals surface area contributed by atoms with Crippen LogP contribution in [0, 0.1) is 11.7 Å². The monoisotopic (exact) mass is 519 g/mol. The Balaban J connectivity index is 1.36. The lowest BCUT2D eigenvalue weighted by Gasteiger charge is -2.38. The first kappa shape index (κ1) is 24.5. The van der Waals surface area contributed by atoms with Gasteiger partial charge in [0.25, 0.3) is 5.91 Å². The summed E-state index contributed by atoms with van der Waals surface area (Å²) in [5.74, 6) is -0.591. The van der Waals surface area contributed by atoms with E-state index < -0.39 is 11.7 Å². The molecular formula is C27H30FN7O3. The summed E-state index contributed by atoms with van der Waals surface area (Å²) in [6, 6.07) is 7.50. The number of carbonyl (C=O) groups excluding carboxylic acids is 1. The summed E-state index contributed by atoms with van der Waals surface area (Å²) in [5, 5.41) is 11.9. The quantitative estimate of drug-likeness (QED) is 0.400. The molecule has 2 atom stereocenters. The van der Waals surface area contributed by atoms with Crippen molar-refractivity contribution in [3.8, 4) is 6.01 Å². The number of anilines is 2.